The number of carbonyl (C=O) groups excluding carboxylic acids is 1. The van der Waals surface area contributed by atoms with Crippen molar-refractivity contribution in [1.82, 2.24) is 16.0 Å². The zero-order chi connectivity index (χ0) is 14.8. The van der Waals surface area contributed by atoms with Gasteiger partial charge in [-0.15, -0.1) is 0 Å². The smallest absolute Gasteiger partial charge is 0.237 e. The van der Waals surface area contributed by atoms with Gasteiger partial charge in [0, 0.05) is 18.1 Å². The Morgan fingerprint density at radius 3 is 2.00 bits per heavy atom. The predicted molar refractivity (Wildman–Crippen MR) is 82.3 cm³/mol. The van der Waals surface area contributed by atoms with E-state index in [2.05, 4.69) is 43.6 Å². The van der Waals surface area contributed by atoms with E-state index in [1.807, 2.05) is 13.8 Å². The van der Waals surface area contributed by atoms with Crippen molar-refractivity contribution in [2.75, 3.05) is 6.54 Å². The van der Waals surface area contributed by atoms with E-state index in [-0.39, 0.29) is 18.0 Å². The highest BCUT2D eigenvalue weighted by atomic mass is 16.2. The highest BCUT2D eigenvalue weighted by Crippen LogP contribution is 2.03. The van der Waals surface area contributed by atoms with Crippen molar-refractivity contribution in [3.63, 3.8) is 0 Å². The molecule has 0 rings (SSSR count). The van der Waals surface area contributed by atoms with Gasteiger partial charge in [-0.2, -0.15) is 0 Å². The Morgan fingerprint density at radius 2 is 1.53 bits per heavy atom. The summed E-state index contributed by atoms with van der Waals surface area (Å²) in [5.74, 6) is 0.125. The molecule has 0 aliphatic heterocycles. The second-order valence-corrected chi connectivity index (χ2v) is 6.14. The van der Waals surface area contributed by atoms with Crippen molar-refractivity contribution >= 4 is 5.91 Å². The molecule has 0 spiro atoms. The number of unbranched alkanes of at least 4 members (excludes halogenated alkanes) is 1. The van der Waals surface area contributed by atoms with E-state index in [9.17, 15) is 4.79 Å². The fraction of sp³-hybridized carbons (Fsp3) is 0.933. The molecule has 0 radical (unpaired) electrons. The Kier molecular flexibility index (Phi) is 9.88. The molecule has 1 atom stereocenters. The molecular weight excluding hydrogens is 238 g/mol. The van der Waals surface area contributed by atoms with E-state index in [0.29, 0.717) is 12.1 Å². The number of nitrogens with one attached hydrogen (secondary N) is 3. The van der Waals surface area contributed by atoms with Crippen molar-refractivity contribution in [2.45, 2.75) is 85.0 Å². The minimum atomic E-state index is -0.0681. The van der Waals surface area contributed by atoms with Gasteiger partial charge in [-0.05, 0) is 33.2 Å². The van der Waals surface area contributed by atoms with Crippen molar-refractivity contribution in [2.24, 2.45) is 0 Å². The SMILES string of the molecule is CC(C)NCCCCC(NC(C)C)C(=O)NC(C)C. The third kappa shape index (κ3) is 11.0. The maximum Gasteiger partial charge on any atom is 0.237 e. The van der Waals surface area contributed by atoms with Gasteiger partial charge in [0.2, 0.25) is 5.91 Å². The lowest BCUT2D eigenvalue weighted by atomic mass is 10.1. The lowest BCUT2D eigenvalue weighted by molar-refractivity contribution is -0.124. The summed E-state index contributed by atoms with van der Waals surface area (Å²) in [6.45, 7) is 13.5. The average molecular weight is 271 g/mol. The first-order chi connectivity index (χ1) is 8.82. The topological polar surface area (TPSA) is 53.2 Å². The van der Waals surface area contributed by atoms with E-state index in [4.69, 9.17) is 0 Å². The normalized spacial score (nSPS) is 13.3. The summed E-state index contributed by atoms with van der Waals surface area (Å²) in [5.41, 5.74) is 0. The van der Waals surface area contributed by atoms with Gasteiger partial charge in [-0.25, -0.2) is 0 Å². The van der Waals surface area contributed by atoms with Gasteiger partial charge in [-0.3, -0.25) is 4.79 Å². The van der Waals surface area contributed by atoms with Crippen LogP contribution < -0.4 is 16.0 Å². The molecule has 4 nitrogen and oxygen atoms in total. The first-order valence-corrected chi connectivity index (χ1v) is 7.62. The van der Waals surface area contributed by atoms with E-state index in [1.54, 1.807) is 0 Å². The van der Waals surface area contributed by atoms with Crippen LogP contribution in [0.25, 0.3) is 0 Å². The van der Waals surface area contributed by atoms with Crippen molar-refractivity contribution < 1.29 is 4.79 Å². The largest absolute Gasteiger partial charge is 0.353 e. The van der Waals surface area contributed by atoms with E-state index in [0.717, 1.165) is 25.8 Å². The third-order valence-corrected chi connectivity index (χ3v) is 2.75. The van der Waals surface area contributed by atoms with Crippen LogP contribution in [0.5, 0.6) is 0 Å². The zero-order valence-corrected chi connectivity index (χ0v) is 13.5. The number of hydrogen-bond donors (Lipinski definition) is 3. The van der Waals surface area contributed by atoms with Crippen LogP contribution in [0.4, 0.5) is 0 Å². The van der Waals surface area contributed by atoms with Gasteiger partial charge in [0.05, 0.1) is 6.04 Å². The summed E-state index contributed by atoms with van der Waals surface area (Å²) in [4.78, 5) is 12.1. The van der Waals surface area contributed by atoms with Crippen LogP contribution in [0.2, 0.25) is 0 Å². The van der Waals surface area contributed by atoms with Gasteiger partial charge in [0.15, 0.2) is 0 Å². The van der Waals surface area contributed by atoms with Crippen molar-refractivity contribution in [1.29, 1.82) is 0 Å². The maximum atomic E-state index is 12.1. The van der Waals surface area contributed by atoms with E-state index in [1.165, 1.54) is 0 Å². The molecule has 0 aromatic carbocycles. The number of rotatable bonds is 10. The Balaban J connectivity index is 4.02. The standard InChI is InChI=1S/C15H33N3O/c1-11(2)16-10-8-7-9-14(17-12(3)4)15(19)18-13(5)6/h11-14,16-17H,7-10H2,1-6H3,(H,18,19). The summed E-state index contributed by atoms with van der Waals surface area (Å²) in [7, 11) is 0. The van der Waals surface area contributed by atoms with Gasteiger partial charge < -0.3 is 16.0 Å². The molecule has 114 valence electrons. The molecule has 0 fully saturated rings. The van der Waals surface area contributed by atoms with E-state index < -0.39 is 0 Å². The first-order valence-electron chi connectivity index (χ1n) is 7.62. The van der Waals surface area contributed by atoms with Gasteiger partial charge in [0.1, 0.15) is 0 Å². The van der Waals surface area contributed by atoms with Crippen LogP contribution in [0, 0.1) is 0 Å². The first kappa shape index (κ1) is 18.4. The van der Waals surface area contributed by atoms with Crippen LogP contribution >= 0.6 is 0 Å². The fourth-order valence-electron chi connectivity index (χ4n) is 1.94. The molecule has 4 heteroatoms. The molecule has 0 aromatic rings. The highest BCUT2D eigenvalue weighted by Gasteiger charge is 2.18. The molecule has 0 heterocycles. The second-order valence-electron chi connectivity index (χ2n) is 6.14. The minimum absolute atomic E-state index is 0.0681. The molecule has 0 saturated carbocycles. The van der Waals surface area contributed by atoms with Crippen molar-refractivity contribution in [3.8, 4) is 0 Å². The Bertz CT molecular complexity index is 240. The molecule has 3 N–H and O–H groups in total. The molecule has 0 saturated heterocycles. The fourth-order valence-corrected chi connectivity index (χ4v) is 1.94. The van der Waals surface area contributed by atoms with Crippen LogP contribution in [0.3, 0.4) is 0 Å². The van der Waals surface area contributed by atoms with Gasteiger partial charge >= 0.3 is 0 Å². The van der Waals surface area contributed by atoms with Crippen LogP contribution in [0.1, 0.15) is 60.8 Å². The molecule has 19 heavy (non-hydrogen) atoms. The summed E-state index contributed by atoms with van der Waals surface area (Å²) >= 11 is 0. The molecular formula is C15H33N3O. The van der Waals surface area contributed by atoms with Crippen LogP contribution in [0.15, 0.2) is 0 Å². The lowest BCUT2D eigenvalue weighted by Crippen LogP contribution is -2.48. The van der Waals surface area contributed by atoms with Gasteiger partial charge in [-0.1, -0.05) is 34.1 Å². The van der Waals surface area contributed by atoms with Gasteiger partial charge in [0.25, 0.3) is 0 Å². The highest BCUT2D eigenvalue weighted by molar-refractivity contribution is 5.81. The molecule has 0 bridgehead atoms. The van der Waals surface area contributed by atoms with Crippen LogP contribution in [-0.2, 0) is 4.79 Å². The Hall–Kier alpha value is -0.610. The molecule has 1 unspecified atom stereocenters. The monoisotopic (exact) mass is 271 g/mol. The maximum absolute atomic E-state index is 12.1. The third-order valence-electron chi connectivity index (χ3n) is 2.75. The van der Waals surface area contributed by atoms with Crippen LogP contribution in [-0.4, -0.2) is 36.6 Å². The minimum Gasteiger partial charge on any atom is -0.353 e. The molecule has 0 aromatic heterocycles. The summed E-state index contributed by atoms with van der Waals surface area (Å²) < 4.78 is 0. The summed E-state index contributed by atoms with van der Waals surface area (Å²) in [6.07, 6.45) is 3.08. The lowest BCUT2D eigenvalue weighted by Gasteiger charge is -2.22. The zero-order valence-electron chi connectivity index (χ0n) is 13.5. The average Bonchev–Trinajstić information content (AvgIpc) is 2.25. The predicted octanol–water partition coefficient (Wildman–Crippen LogP) is 2.05. The summed E-state index contributed by atoms with van der Waals surface area (Å²) in [5, 5.41) is 9.74. The number of hydrogen-bond acceptors (Lipinski definition) is 3. The Labute approximate surface area is 119 Å². The molecule has 0 aliphatic rings. The quantitative estimate of drug-likeness (QED) is 0.533. The molecule has 0 aliphatic carbocycles. The Morgan fingerprint density at radius 1 is 0.895 bits per heavy atom. The second kappa shape index (κ2) is 10.2. The number of amides is 1. The van der Waals surface area contributed by atoms with Crippen molar-refractivity contribution in [3.05, 3.63) is 0 Å². The molecule has 1 amide bonds. The van der Waals surface area contributed by atoms with E-state index >= 15 is 0 Å². The summed E-state index contributed by atoms with van der Waals surface area (Å²) in [6, 6.07) is 0.999. The number of carbonyl (C=O) groups is 1.